The van der Waals surface area contributed by atoms with Gasteiger partial charge in [0.25, 0.3) is 11.8 Å². The van der Waals surface area contributed by atoms with Gasteiger partial charge in [0.1, 0.15) is 5.00 Å². The molecule has 2 aromatic rings. The van der Waals surface area contributed by atoms with Crippen molar-refractivity contribution >= 4 is 45.7 Å². The number of halogens is 1. The van der Waals surface area contributed by atoms with Gasteiger partial charge in [0.2, 0.25) is 0 Å². The number of rotatable bonds is 6. The van der Waals surface area contributed by atoms with Crippen LogP contribution in [-0.4, -0.2) is 24.4 Å². The number of nitrogens with one attached hydrogen (secondary N) is 1. The van der Waals surface area contributed by atoms with Crippen molar-refractivity contribution in [2.45, 2.75) is 31.1 Å². The van der Waals surface area contributed by atoms with Gasteiger partial charge in [-0.25, -0.2) is 0 Å². The van der Waals surface area contributed by atoms with E-state index in [0.717, 1.165) is 18.4 Å². The zero-order valence-electron chi connectivity index (χ0n) is 14.5. The Labute approximate surface area is 165 Å². The average Bonchev–Trinajstić information content (AvgIpc) is 3.30. The summed E-state index contributed by atoms with van der Waals surface area (Å²) in [6.07, 6.45) is 3.18. The topological polar surface area (TPSA) is 98.5 Å². The van der Waals surface area contributed by atoms with Crippen LogP contribution in [0.5, 0.6) is 0 Å². The fourth-order valence-corrected chi connectivity index (χ4v) is 4.32. The van der Waals surface area contributed by atoms with Gasteiger partial charge in [-0.2, -0.15) is 0 Å². The number of esters is 1. The summed E-state index contributed by atoms with van der Waals surface area (Å²) in [4.78, 5) is 36.3. The number of thiophene rings is 1. The molecular formula is C19H19ClN2O4S. The van der Waals surface area contributed by atoms with Crippen molar-refractivity contribution < 1.29 is 19.1 Å². The Balaban J connectivity index is 1.66. The molecule has 1 fully saturated rings. The zero-order chi connectivity index (χ0) is 19.4. The van der Waals surface area contributed by atoms with Crippen molar-refractivity contribution in [3.05, 3.63) is 51.9 Å². The molecule has 1 aliphatic carbocycles. The van der Waals surface area contributed by atoms with E-state index in [1.165, 1.54) is 17.4 Å². The third kappa shape index (κ3) is 4.14. The molecule has 0 saturated heterocycles. The minimum atomic E-state index is -0.744. The monoisotopic (exact) mass is 406 g/mol. The first kappa shape index (κ1) is 19.4. The molecule has 8 heteroatoms. The number of benzene rings is 1. The predicted octanol–water partition coefficient (Wildman–Crippen LogP) is 3.49. The van der Waals surface area contributed by atoms with Gasteiger partial charge in [-0.05, 0) is 42.0 Å². The number of carbonyl (C=O) groups excluding carboxylic acids is 3. The summed E-state index contributed by atoms with van der Waals surface area (Å²) in [6, 6.07) is 8.69. The number of hydrogen-bond donors (Lipinski definition) is 2. The summed E-state index contributed by atoms with van der Waals surface area (Å²) < 4.78 is 5.33. The SMILES string of the molecule is NC(=O)c1ccsc1NC(=O)COC(=O)C1(c2ccc(Cl)cc2)CCCC1. The van der Waals surface area contributed by atoms with Crippen LogP contribution in [0.1, 0.15) is 41.6 Å². The standard InChI is InChI=1S/C19H19ClN2O4S/c20-13-5-3-12(4-6-13)19(8-1-2-9-19)18(25)26-11-15(23)22-17-14(16(21)24)7-10-27-17/h3-7,10H,1-2,8-9,11H2,(H2,21,24)(H,22,23). The maximum Gasteiger partial charge on any atom is 0.317 e. The van der Waals surface area contributed by atoms with Crippen LogP contribution in [0.2, 0.25) is 5.02 Å². The van der Waals surface area contributed by atoms with Crippen LogP contribution in [0, 0.1) is 0 Å². The van der Waals surface area contributed by atoms with E-state index < -0.39 is 29.8 Å². The maximum atomic E-state index is 12.8. The third-order valence-electron chi connectivity index (χ3n) is 4.76. The number of primary amides is 1. The highest BCUT2D eigenvalue weighted by Gasteiger charge is 2.44. The minimum absolute atomic E-state index is 0.230. The van der Waals surface area contributed by atoms with Crippen molar-refractivity contribution in [2.24, 2.45) is 5.73 Å². The molecule has 1 heterocycles. The first-order valence-corrected chi connectivity index (χ1v) is 9.78. The lowest BCUT2D eigenvalue weighted by Gasteiger charge is -2.27. The number of hydrogen-bond acceptors (Lipinski definition) is 5. The van der Waals surface area contributed by atoms with Gasteiger partial charge in [0, 0.05) is 5.02 Å². The van der Waals surface area contributed by atoms with E-state index in [-0.39, 0.29) is 5.56 Å². The number of amides is 2. The molecule has 3 rings (SSSR count). The summed E-state index contributed by atoms with van der Waals surface area (Å²) in [6.45, 7) is -0.426. The van der Waals surface area contributed by atoms with Crippen molar-refractivity contribution in [3.8, 4) is 0 Å². The Morgan fingerprint density at radius 3 is 2.44 bits per heavy atom. The molecule has 1 saturated carbocycles. The largest absolute Gasteiger partial charge is 0.455 e. The number of nitrogens with two attached hydrogens (primary N) is 1. The Hall–Kier alpha value is -2.38. The molecule has 0 aliphatic heterocycles. The summed E-state index contributed by atoms with van der Waals surface area (Å²) in [5, 5.41) is 5.15. The van der Waals surface area contributed by atoms with Crippen molar-refractivity contribution in [3.63, 3.8) is 0 Å². The van der Waals surface area contributed by atoms with Gasteiger partial charge in [0.05, 0.1) is 11.0 Å². The van der Waals surface area contributed by atoms with Crippen LogP contribution >= 0.6 is 22.9 Å². The fourth-order valence-electron chi connectivity index (χ4n) is 3.39. The Bertz CT molecular complexity index is 857. The molecule has 0 radical (unpaired) electrons. The Kier molecular flexibility index (Phi) is 5.82. The van der Waals surface area contributed by atoms with Crippen molar-refractivity contribution in [2.75, 3.05) is 11.9 Å². The lowest BCUT2D eigenvalue weighted by atomic mass is 9.79. The Morgan fingerprint density at radius 2 is 1.81 bits per heavy atom. The molecule has 1 aromatic heterocycles. The van der Waals surface area contributed by atoms with E-state index in [0.29, 0.717) is 22.9 Å². The lowest BCUT2D eigenvalue weighted by molar-refractivity contribution is -0.153. The van der Waals surface area contributed by atoms with E-state index in [1.807, 2.05) is 12.1 Å². The first-order chi connectivity index (χ1) is 12.9. The normalized spacial score (nSPS) is 15.3. The van der Waals surface area contributed by atoms with E-state index >= 15 is 0 Å². The van der Waals surface area contributed by atoms with Crippen LogP contribution in [0.25, 0.3) is 0 Å². The molecule has 0 atom stereocenters. The van der Waals surface area contributed by atoms with Gasteiger partial charge < -0.3 is 15.8 Å². The van der Waals surface area contributed by atoms with E-state index in [4.69, 9.17) is 22.1 Å². The molecule has 3 N–H and O–H groups in total. The second-order valence-electron chi connectivity index (χ2n) is 6.45. The molecule has 142 valence electrons. The van der Waals surface area contributed by atoms with Gasteiger partial charge >= 0.3 is 5.97 Å². The summed E-state index contributed by atoms with van der Waals surface area (Å²) >= 11 is 7.13. The van der Waals surface area contributed by atoms with Gasteiger partial charge in [-0.1, -0.05) is 36.6 Å². The number of ether oxygens (including phenoxy) is 1. The van der Waals surface area contributed by atoms with E-state index in [9.17, 15) is 14.4 Å². The molecule has 6 nitrogen and oxygen atoms in total. The minimum Gasteiger partial charge on any atom is -0.455 e. The highest BCUT2D eigenvalue weighted by Crippen LogP contribution is 2.42. The summed E-state index contributed by atoms with van der Waals surface area (Å²) in [5.41, 5.74) is 5.59. The van der Waals surface area contributed by atoms with Gasteiger partial charge in [-0.15, -0.1) is 11.3 Å². The zero-order valence-corrected chi connectivity index (χ0v) is 16.1. The highest BCUT2D eigenvalue weighted by atomic mass is 35.5. The molecule has 0 spiro atoms. The predicted molar refractivity (Wildman–Crippen MR) is 104 cm³/mol. The van der Waals surface area contributed by atoms with E-state index in [1.54, 1.807) is 17.5 Å². The highest BCUT2D eigenvalue weighted by molar-refractivity contribution is 7.14. The smallest absolute Gasteiger partial charge is 0.317 e. The van der Waals surface area contributed by atoms with Gasteiger partial charge in [-0.3, -0.25) is 14.4 Å². The second-order valence-corrected chi connectivity index (χ2v) is 7.80. The molecule has 27 heavy (non-hydrogen) atoms. The molecule has 1 aliphatic rings. The summed E-state index contributed by atoms with van der Waals surface area (Å²) in [7, 11) is 0. The van der Waals surface area contributed by atoms with E-state index in [2.05, 4.69) is 5.32 Å². The van der Waals surface area contributed by atoms with Crippen molar-refractivity contribution in [1.29, 1.82) is 0 Å². The van der Waals surface area contributed by atoms with Crippen LogP contribution < -0.4 is 11.1 Å². The van der Waals surface area contributed by atoms with Crippen LogP contribution in [0.3, 0.4) is 0 Å². The molecule has 2 amide bonds. The fraction of sp³-hybridized carbons (Fsp3) is 0.316. The van der Waals surface area contributed by atoms with Crippen LogP contribution in [0.15, 0.2) is 35.7 Å². The van der Waals surface area contributed by atoms with Crippen LogP contribution in [0.4, 0.5) is 5.00 Å². The quantitative estimate of drug-likeness (QED) is 0.717. The van der Waals surface area contributed by atoms with Crippen LogP contribution in [-0.2, 0) is 19.7 Å². The average molecular weight is 407 g/mol. The number of anilines is 1. The summed E-state index contributed by atoms with van der Waals surface area (Å²) in [5.74, 6) is -1.56. The Morgan fingerprint density at radius 1 is 1.15 bits per heavy atom. The third-order valence-corrected chi connectivity index (χ3v) is 5.84. The van der Waals surface area contributed by atoms with Gasteiger partial charge in [0.15, 0.2) is 6.61 Å². The maximum absolute atomic E-state index is 12.8. The second kappa shape index (κ2) is 8.10. The first-order valence-electron chi connectivity index (χ1n) is 8.53. The molecule has 0 bridgehead atoms. The molecular weight excluding hydrogens is 388 g/mol. The van der Waals surface area contributed by atoms with Crippen molar-refractivity contribution in [1.82, 2.24) is 0 Å². The molecule has 0 unspecified atom stereocenters. The lowest BCUT2D eigenvalue weighted by Crippen LogP contribution is -2.36. The molecule has 1 aromatic carbocycles. The number of carbonyl (C=O) groups is 3.